The average molecular weight is 307 g/mol. The van der Waals surface area contributed by atoms with E-state index in [0.29, 0.717) is 19.6 Å². The van der Waals surface area contributed by atoms with Crippen LogP contribution in [0, 0.1) is 6.92 Å². The highest BCUT2D eigenvalue weighted by Gasteiger charge is 2.21. The normalized spacial score (nSPS) is 12.0. The Hall–Kier alpha value is -1.88. The summed E-state index contributed by atoms with van der Waals surface area (Å²) in [5.74, 6) is -1.05. The number of amides is 1. The van der Waals surface area contributed by atoms with Crippen molar-refractivity contribution in [2.24, 2.45) is 0 Å². The lowest BCUT2D eigenvalue weighted by molar-refractivity contribution is -0.145. The van der Waals surface area contributed by atoms with Crippen molar-refractivity contribution >= 4 is 11.9 Å². The van der Waals surface area contributed by atoms with Crippen LogP contribution in [-0.2, 0) is 14.3 Å². The highest BCUT2D eigenvalue weighted by molar-refractivity contribution is 5.81. The van der Waals surface area contributed by atoms with E-state index in [0.717, 1.165) is 12.0 Å². The smallest absolute Gasteiger partial charge is 0.323 e. The predicted octanol–water partition coefficient (Wildman–Crippen LogP) is 2.44. The summed E-state index contributed by atoms with van der Waals surface area (Å²) in [4.78, 5) is 24.7. The summed E-state index contributed by atoms with van der Waals surface area (Å²) in [6.45, 7) is 4.41. The number of hydrogen-bond acceptors (Lipinski definition) is 3. The van der Waals surface area contributed by atoms with Gasteiger partial charge in [0.25, 0.3) is 0 Å². The molecule has 0 saturated carbocycles. The van der Waals surface area contributed by atoms with Gasteiger partial charge in [-0.3, -0.25) is 9.59 Å². The number of carboxylic acids is 1. The standard InChI is InChI=1S/C17H25NO4/c1-4-14(15-7-5-13(2)6-8-15)11-16(19)18(9-10-22-3)12-17(20)21/h5-8,14H,4,9-12H2,1-3H3,(H,20,21). The third-order valence-electron chi connectivity index (χ3n) is 3.71. The highest BCUT2D eigenvalue weighted by atomic mass is 16.5. The molecular weight excluding hydrogens is 282 g/mol. The van der Waals surface area contributed by atoms with E-state index in [1.165, 1.54) is 17.6 Å². The lowest BCUT2D eigenvalue weighted by atomic mass is 9.92. The van der Waals surface area contributed by atoms with Crippen molar-refractivity contribution in [3.63, 3.8) is 0 Å². The second-order valence-corrected chi connectivity index (χ2v) is 5.42. The van der Waals surface area contributed by atoms with E-state index in [9.17, 15) is 9.59 Å². The van der Waals surface area contributed by atoms with Gasteiger partial charge < -0.3 is 14.7 Å². The molecule has 0 aliphatic heterocycles. The monoisotopic (exact) mass is 307 g/mol. The van der Waals surface area contributed by atoms with Crippen LogP contribution >= 0.6 is 0 Å². The summed E-state index contributed by atoms with van der Waals surface area (Å²) in [6.07, 6.45) is 1.15. The quantitative estimate of drug-likeness (QED) is 0.761. The zero-order valence-corrected chi connectivity index (χ0v) is 13.5. The molecule has 0 aromatic heterocycles. The van der Waals surface area contributed by atoms with Crippen LogP contribution in [-0.4, -0.2) is 48.7 Å². The van der Waals surface area contributed by atoms with Crippen LogP contribution in [0.2, 0.25) is 0 Å². The van der Waals surface area contributed by atoms with Gasteiger partial charge >= 0.3 is 5.97 Å². The minimum absolute atomic E-state index is 0.104. The average Bonchev–Trinajstić information content (AvgIpc) is 2.49. The van der Waals surface area contributed by atoms with E-state index in [1.54, 1.807) is 0 Å². The fourth-order valence-electron chi connectivity index (χ4n) is 2.33. The molecule has 22 heavy (non-hydrogen) atoms. The largest absolute Gasteiger partial charge is 0.480 e. The first-order valence-electron chi connectivity index (χ1n) is 7.53. The van der Waals surface area contributed by atoms with Crippen LogP contribution < -0.4 is 0 Å². The third kappa shape index (κ3) is 5.85. The summed E-state index contributed by atoms with van der Waals surface area (Å²) in [6, 6.07) is 8.13. The molecular formula is C17H25NO4. The molecule has 1 N–H and O–H groups in total. The van der Waals surface area contributed by atoms with Gasteiger partial charge in [-0.1, -0.05) is 36.8 Å². The fraction of sp³-hybridized carbons (Fsp3) is 0.529. The van der Waals surface area contributed by atoms with Crippen LogP contribution in [0.3, 0.4) is 0 Å². The summed E-state index contributed by atoms with van der Waals surface area (Å²) in [5.41, 5.74) is 2.29. The van der Waals surface area contributed by atoms with E-state index in [2.05, 4.69) is 0 Å². The lowest BCUT2D eigenvalue weighted by Crippen LogP contribution is -2.38. The Morgan fingerprint density at radius 3 is 2.41 bits per heavy atom. The van der Waals surface area contributed by atoms with Gasteiger partial charge in [0.1, 0.15) is 6.54 Å². The molecule has 1 aromatic carbocycles. The van der Waals surface area contributed by atoms with Crippen LogP contribution in [0.25, 0.3) is 0 Å². The molecule has 0 radical (unpaired) electrons. The third-order valence-corrected chi connectivity index (χ3v) is 3.71. The maximum atomic E-state index is 12.4. The number of benzene rings is 1. The number of carboxylic acid groups (broad SMARTS) is 1. The highest BCUT2D eigenvalue weighted by Crippen LogP contribution is 2.24. The van der Waals surface area contributed by atoms with Crippen LogP contribution in [0.4, 0.5) is 0 Å². The number of rotatable bonds is 9. The van der Waals surface area contributed by atoms with Gasteiger partial charge in [0, 0.05) is 20.1 Å². The van der Waals surface area contributed by atoms with Crippen molar-refractivity contribution in [2.45, 2.75) is 32.6 Å². The summed E-state index contributed by atoms with van der Waals surface area (Å²) in [5, 5.41) is 8.94. The summed E-state index contributed by atoms with van der Waals surface area (Å²) in [7, 11) is 1.53. The molecule has 0 heterocycles. The van der Waals surface area contributed by atoms with Crippen molar-refractivity contribution in [3.8, 4) is 0 Å². The molecule has 0 aliphatic rings. The van der Waals surface area contributed by atoms with E-state index in [4.69, 9.17) is 9.84 Å². The Labute approximate surface area is 131 Å². The number of aliphatic carboxylic acids is 1. The zero-order chi connectivity index (χ0) is 16.5. The Balaban J connectivity index is 2.75. The van der Waals surface area contributed by atoms with Gasteiger partial charge in [-0.05, 0) is 24.8 Å². The van der Waals surface area contributed by atoms with Gasteiger partial charge in [-0.25, -0.2) is 0 Å². The van der Waals surface area contributed by atoms with Gasteiger partial charge in [-0.2, -0.15) is 0 Å². The molecule has 0 aliphatic carbocycles. The Morgan fingerprint density at radius 2 is 1.91 bits per heavy atom. The minimum atomic E-state index is -1.01. The molecule has 1 rings (SSSR count). The molecule has 1 amide bonds. The van der Waals surface area contributed by atoms with Crippen LogP contribution in [0.5, 0.6) is 0 Å². The maximum absolute atomic E-state index is 12.4. The molecule has 122 valence electrons. The van der Waals surface area contributed by atoms with Crippen LogP contribution in [0.15, 0.2) is 24.3 Å². The van der Waals surface area contributed by atoms with Gasteiger partial charge in [0.2, 0.25) is 5.91 Å². The number of nitrogens with zero attached hydrogens (tertiary/aromatic N) is 1. The van der Waals surface area contributed by atoms with Crippen molar-refractivity contribution in [1.29, 1.82) is 0 Å². The first kappa shape index (κ1) is 18.2. The van der Waals surface area contributed by atoms with E-state index in [-0.39, 0.29) is 18.4 Å². The molecule has 0 bridgehead atoms. The van der Waals surface area contributed by atoms with Gasteiger partial charge in [0.15, 0.2) is 0 Å². The van der Waals surface area contributed by atoms with Crippen molar-refractivity contribution in [1.82, 2.24) is 4.90 Å². The molecule has 5 nitrogen and oxygen atoms in total. The zero-order valence-electron chi connectivity index (χ0n) is 13.5. The van der Waals surface area contributed by atoms with E-state index >= 15 is 0 Å². The molecule has 0 saturated heterocycles. The number of methoxy groups -OCH3 is 1. The number of carbonyl (C=O) groups excluding carboxylic acids is 1. The molecule has 1 aromatic rings. The summed E-state index contributed by atoms with van der Waals surface area (Å²) >= 11 is 0. The fourth-order valence-corrected chi connectivity index (χ4v) is 2.33. The molecule has 1 atom stereocenters. The van der Waals surface area contributed by atoms with E-state index in [1.807, 2.05) is 38.1 Å². The van der Waals surface area contributed by atoms with Crippen LogP contribution in [0.1, 0.15) is 36.8 Å². The topological polar surface area (TPSA) is 66.8 Å². The SMILES string of the molecule is CCC(CC(=O)N(CCOC)CC(=O)O)c1ccc(C)cc1. The number of carbonyl (C=O) groups is 2. The number of ether oxygens (including phenoxy) is 1. The van der Waals surface area contributed by atoms with Crippen molar-refractivity contribution in [2.75, 3.05) is 26.8 Å². The van der Waals surface area contributed by atoms with Crippen molar-refractivity contribution in [3.05, 3.63) is 35.4 Å². The minimum Gasteiger partial charge on any atom is -0.480 e. The lowest BCUT2D eigenvalue weighted by Gasteiger charge is -2.23. The molecule has 0 fully saturated rings. The number of aryl methyl sites for hydroxylation is 1. The Bertz CT molecular complexity index is 484. The van der Waals surface area contributed by atoms with E-state index < -0.39 is 5.97 Å². The molecule has 1 unspecified atom stereocenters. The second-order valence-electron chi connectivity index (χ2n) is 5.42. The summed E-state index contributed by atoms with van der Waals surface area (Å²) < 4.78 is 4.95. The second kappa shape index (κ2) is 9.20. The number of hydrogen-bond donors (Lipinski definition) is 1. The molecule has 0 spiro atoms. The first-order chi connectivity index (χ1) is 10.5. The van der Waals surface area contributed by atoms with Gasteiger partial charge in [-0.15, -0.1) is 0 Å². The van der Waals surface area contributed by atoms with Crippen molar-refractivity contribution < 1.29 is 19.4 Å². The first-order valence-corrected chi connectivity index (χ1v) is 7.53. The Morgan fingerprint density at radius 1 is 1.27 bits per heavy atom. The predicted molar refractivity (Wildman–Crippen MR) is 84.9 cm³/mol. The molecule has 5 heteroatoms. The van der Waals surface area contributed by atoms with Gasteiger partial charge in [0.05, 0.1) is 6.61 Å². The Kier molecular flexibility index (Phi) is 7.60. The maximum Gasteiger partial charge on any atom is 0.323 e.